The first kappa shape index (κ1) is 15.3. The van der Waals surface area contributed by atoms with E-state index in [4.69, 9.17) is 4.74 Å². The first-order valence-corrected chi connectivity index (χ1v) is 8.08. The smallest absolute Gasteiger partial charge is 0.338 e. The SMILES string of the molecule is CCOC(=O)C1=C(C)Nc2ncnn2C1c1ccc2ncccc2c1. The van der Waals surface area contributed by atoms with Gasteiger partial charge in [-0.1, -0.05) is 12.1 Å². The molecule has 0 amide bonds. The minimum atomic E-state index is -0.401. The maximum Gasteiger partial charge on any atom is 0.338 e. The minimum absolute atomic E-state index is 0.314. The Morgan fingerprint density at radius 1 is 1.32 bits per heavy atom. The predicted molar refractivity (Wildman–Crippen MR) is 92.9 cm³/mol. The Kier molecular flexibility index (Phi) is 3.68. The number of anilines is 1. The Balaban J connectivity index is 1.89. The number of rotatable bonds is 3. The Labute approximate surface area is 144 Å². The number of benzene rings is 1. The molecule has 0 saturated carbocycles. The summed E-state index contributed by atoms with van der Waals surface area (Å²) in [5, 5.41) is 8.43. The van der Waals surface area contributed by atoms with Crippen LogP contribution in [-0.2, 0) is 9.53 Å². The van der Waals surface area contributed by atoms with Gasteiger partial charge >= 0.3 is 5.97 Å². The maximum atomic E-state index is 12.6. The predicted octanol–water partition coefficient (Wildman–Crippen LogP) is 2.68. The van der Waals surface area contributed by atoms with Gasteiger partial charge in [0.15, 0.2) is 0 Å². The summed E-state index contributed by atoms with van der Waals surface area (Å²) < 4.78 is 6.98. The van der Waals surface area contributed by atoms with Crippen molar-refractivity contribution in [3.63, 3.8) is 0 Å². The molecule has 1 aromatic carbocycles. The Morgan fingerprint density at radius 3 is 3.04 bits per heavy atom. The van der Waals surface area contributed by atoms with Gasteiger partial charge in [0.05, 0.1) is 17.7 Å². The molecule has 1 N–H and O–H groups in total. The van der Waals surface area contributed by atoms with Crippen molar-refractivity contribution in [1.82, 2.24) is 19.7 Å². The molecular weight excluding hydrogens is 318 g/mol. The van der Waals surface area contributed by atoms with Gasteiger partial charge in [0.2, 0.25) is 5.95 Å². The fraction of sp³-hybridized carbons (Fsp3) is 0.222. The molecule has 1 atom stereocenters. The number of fused-ring (bicyclic) bond motifs is 2. The van der Waals surface area contributed by atoms with Crippen molar-refractivity contribution in [3.05, 3.63) is 59.7 Å². The first-order valence-electron chi connectivity index (χ1n) is 8.08. The summed E-state index contributed by atoms with van der Waals surface area (Å²) in [6.07, 6.45) is 3.23. The third kappa shape index (κ3) is 2.53. The minimum Gasteiger partial charge on any atom is -0.463 e. The summed E-state index contributed by atoms with van der Waals surface area (Å²) in [6, 6.07) is 9.42. The van der Waals surface area contributed by atoms with Gasteiger partial charge in [-0.05, 0) is 37.6 Å². The fourth-order valence-corrected chi connectivity index (χ4v) is 3.14. The van der Waals surface area contributed by atoms with Crippen LogP contribution >= 0.6 is 0 Å². The molecule has 1 unspecified atom stereocenters. The van der Waals surface area contributed by atoms with Crippen LogP contribution in [0.3, 0.4) is 0 Å². The van der Waals surface area contributed by atoms with Crippen LogP contribution in [0.4, 0.5) is 5.95 Å². The molecular formula is C18H17N5O2. The van der Waals surface area contributed by atoms with Crippen LogP contribution in [-0.4, -0.2) is 32.3 Å². The summed E-state index contributed by atoms with van der Waals surface area (Å²) in [5.74, 6) is 0.242. The zero-order chi connectivity index (χ0) is 17.4. The van der Waals surface area contributed by atoms with Gasteiger partial charge in [-0.15, -0.1) is 0 Å². The van der Waals surface area contributed by atoms with Crippen LogP contribution in [0.25, 0.3) is 10.9 Å². The lowest BCUT2D eigenvalue weighted by atomic mass is 9.94. The number of ether oxygens (including phenoxy) is 1. The number of pyridine rings is 1. The zero-order valence-corrected chi connectivity index (χ0v) is 13.9. The van der Waals surface area contributed by atoms with E-state index >= 15 is 0 Å². The van der Waals surface area contributed by atoms with Gasteiger partial charge < -0.3 is 10.1 Å². The van der Waals surface area contributed by atoms with E-state index in [-0.39, 0.29) is 5.97 Å². The molecule has 7 nitrogen and oxygen atoms in total. The lowest BCUT2D eigenvalue weighted by Gasteiger charge is -2.28. The monoisotopic (exact) mass is 335 g/mol. The average Bonchev–Trinajstić information content (AvgIpc) is 3.08. The van der Waals surface area contributed by atoms with Crippen molar-refractivity contribution in [2.24, 2.45) is 0 Å². The Bertz CT molecular complexity index is 992. The molecule has 7 heteroatoms. The second-order valence-electron chi connectivity index (χ2n) is 5.77. The third-order valence-corrected chi connectivity index (χ3v) is 4.23. The lowest BCUT2D eigenvalue weighted by Crippen LogP contribution is -2.29. The molecule has 2 aromatic heterocycles. The van der Waals surface area contributed by atoms with E-state index in [1.165, 1.54) is 6.33 Å². The molecule has 3 heterocycles. The number of carbonyl (C=O) groups is 1. The molecule has 0 fully saturated rings. The second kappa shape index (κ2) is 6.01. The molecule has 25 heavy (non-hydrogen) atoms. The largest absolute Gasteiger partial charge is 0.463 e. The quantitative estimate of drug-likeness (QED) is 0.741. The normalized spacial score (nSPS) is 16.5. The summed E-state index contributed by atoms with van der Waals surface area (Å²) in [5.41, 5.74) is 3.08. The van der Waals surface area contributed by atoms with Gasteiger partial charge in [-0.25, -0.2) is 9.48 Å². The zero-order valence-electron chi connectivity index (χ0n) is 13.9. The summed E-state index contributed by atoms with van der Waals surface area (Å²) in [4.78, 5) is 21.2. The molecule has 0 spiro atoms. The van der Waals surface area contributed by atoms with Crippen molar-refractivity contribution < 1.29 is 9.53 Å². The topological polar surface area (TPSA) is 81.9 Å². The van der Waals surface area contributed by atoms with Crippen molar-refractivity contribution in [2.75, 3.05) is 11.9 Å². The van der Waals surface area contributed by atoms with Crippen LogP contribution in [0.1, 0.15) is 25.5 Å². The molecule has 126 valence electrons. The molecule has 1 aliphatic rings. The van der Waals surface area contributed by atoms with Crippen molar-refractivity contribution in [3.8, 4) is 0 Å². The molecule has 0 saturated heterocycles. The second-order valence-corrected chi connectivity index (χ2v) is 5.77. The van der Waals surface area contributed by atoms with Crippen molar-refractivity contribution in [2.45, 2.75) is 19.9 Å². The number of hydrogen-bond donors (Lipinski definition) is 1. The highest BCUT2D eigenvalue weighted by atomic mass is 16.5. The summed E-state index contributed by atoms with van der Waals surface area (Å²) >= 11 is 0. The first-order chi connectivity index (χ1) is 12.2. The Hall–Kier alpha value is -3.22. The number of nitrogens with one attached hydrogen (secondary N) is 1. The third-order valence-electron chi connectivity index (χ3n) is 4.23. The molecule has 0 radical (unpaired) electrons. The van der Waals surface area contributed by atoms with Gasteiger partial charge in [-0.2, -0.15) is 10.1 Å². The van der Waals surface area contributed by atoms with E-state index < -0.39 is 6.04 Å². The van der Waals surface area contributed by atoms with E-state index in [0.29, 0.717) is 18.1 Å². The van der Waals surface area contributed by atoms with Crippen LogP contribution in [0.2, 0.25) is 0 Å². The van der Waals surface area contributed by atoms with Crippen molar-refractivity contribution >= 4 is 22.8 Å². The van der Waals surface area contributed by atoms with Crippen LogP contribution < -0.4 is 5.32 Å². The highest BCUT2D eigenvalue weighted by molar-refractivity contribution is 5.92. The standard InChI is InChI=1S/C18H17N5O2/c1-3-25-17(24)15-11(2)22-18-20-10-21-23(18)16(15)13-6-7-14-12(9-13)5-4-8-19-14/h4-10,16H,3H2,1-2H3,(H,20,21,22). The average molecular weight is 335 g/mol. The Morgan fingerprint density at radius 2 is 2.20 bits per heavy atom. The van der Waals surface area contributed by atoms with Crippen LogP contribution in [0.15, 0.2) is 54.1 Å². The highest BCUT2D eigenvalue weighted by Crippen LogP contribution is 2.36. The van der Waals surface area contributed by atoms with E-state index in [1.54, 1.807) is 17.8 Å². The van der Waals surface area contributed by atoms with Crippen molar-refractivity contribution in [1.29, 1.82) is 0 Å². The van der Waals surface area contributed by atoms with E-state index in [0.717, 1.165) is 22.2 Å². The maximum absolute atomic E-state index is 12.6. The number of esters is 1. The molecule has 4 rings (SSSR count). The van der Waals surface area contributed by atoms with Gasteiger partial charge in [-0.3, -0.25) is 4.98 Å². The van der Waals surface area contributed by atoms with E-state index in [2.05, 4.69) is 20.4 Å². The van der Waals surface area contributed by atoms with E-state index in [9.17, 15) is 4.79 Å². The van der Waals surface area contributed by atoms with Gasteiger partial charge in [0.25, 0.3) is 0 Å². The van der Waals surface area contributed by atoms with Gasteiger partial charge in [0.1, 0.15) is 12.4 Å². The molecule has 0 aliphatic carbocycles. The van der Waals surface area contributed by atoms with Crippen LogP contribution in [0, 0.1) is 0 Å². The van der Waals surface area contributed by atoms with Crippen LogP contribution in [0.5, 0.6) is 0 Å². The molecule has 3 aromatic rings. The fourth-order valence-electron chi connectivity index (χ4n) is 3.14. The van der Waals surface area contributed by atoms with Gasteiger partial charge in [0, 0.05) is 17.3 Å². The number of hydrogen-bond acceptors (Lipinski definition) is 6. The van der Waals surface area contributed by atoms with E-state index in [1.807, 2.05) is 37.3 Å². The summed E-state index contributed by atoms with van der Waals surface area (Å²) in [7, 11) is 0. The highest BCUT2D eigenvalue weighted by Gasteiger charge is 2.34. The molecule has 1 aliphatic heterocycles. The summed E-state index contributed by atoms with van der Waals surface area (Å²) in [6.45, 7) is 3.95. The number of allylic oxidation sites excluding steroid dienone is 1. The number of nitrogens with zero attached hydrogens (tertiary/aromatic N) is 4. The number of carbonyl (C=O) groups excluding carboxylic acids is 1. The molecule has 0 bridgehead atoms. The lowest BCUT2D eigenvalue weighted by molar-refractivity contribution is -0.139. The number of aromatic nitrogens is 4.